The Morgan fingerprint density at radius 2 is 1.88 bits per heavy atom. The summed E-state index contributed by atoms with van der Waals surface area (Å²) in [4.78, 5) is 8.58. The van der Waals surface area contributed by atoms with Gasteiger partial charge in [-0.05, 0) is 18.2 Å². The molecule has 0 bridgehead atoms. The van der Waals surface area contributed by atoms with Crippen molar-refractivity contribution in [1.82, 2.24) is 9.97 Å². The van der Waals surface area contributed by atoms with E-state index in [1.54, 1.807) is 23.7 Å². The minimum atomic E-state index is 0.742. The Kier molecular flexibility index (Phi) is 2.35. The highest BCUT2D eigenvalue weighted by Crippen LogP contribution is 2.29. The van der Waals surface area contributed by atoms with Crippen LogP contribution in [0.4, 0.5) is 0 Å². The summed E-state index contributed by atoms with van der Waals surface area (Å²) >= 11 is 7.51. The minimum absolute atomic E-state index is 0.742. The molecule has 0 aliphatic rings. The van der Waals surface area contributed by atoms with Crippen LogP contribution in [-0.2, 0) is 0 Å². The molecule has 0 aliphatic carbocycles. The van der Waals surface area contributed by atoms with Crippen LogP contribution in [-0.4, -0.2) is 9.97 Å². The maximum atomic E-state index is 5.85. The van der Waals surface area contributed by atoms with E-state index in [2.05, 4.69) is 9.97 Å². The van der Waals surface area contributed by atoms with E-state index in [0.717, 1.165) is 25.8 Å². The van der Waals surface area contributed by atoms with Gasteiger partial charge in [-0.25, -0.2) is 4.98 Å². The van der Waals surface area contributed by atoms with Crippen molar-refractivity contribution in [2.24, 2.45) is 0 Å². The van der Waals surface area contributed by atoms with E-state index in [1.807, 2.05) is 30.3 Å². The molecule has 0 spiro atoms. The number of hydrogen-bond donors (Lipinski definition) is 0. The second-order valence-electron chi connectivity index (χ2n) is 3.37. The van der Waals surface area contributed by atoms with Gasteiger partial charge in [-0.2, -0.15) is 0 Å². The van der Waals surface area contributed by atoms with Gasteiger partial charge in [-0.3, -0.25) is 4.98 Å². The molecule has 2 aromatic heterocycles. The van der Waals surface area contributed by atoms with E-state index in [-0.39, 0.29) is 0 Å². The Bertz CT molecular complexity index is 598. The molecule has 0 aliphatic heterocycles. The summed E-state index contributed by atoms with van der Waals surface area (Å²) in [6.45, 7) is 0. The van der Waals surface area contributed by atoms with Crippen LogP contribution in [0, 0.1) is 0 Å². The van der Waals surface area contributed by atoms with Gasteiger partial charge in [0.15, 0.2) is 0 Å². The van der Waals surface area contributed by atoms with Gasteiger partial charge in [0, 0.05) is 16.8 Å². The number of fused-ring (bicyclic) bond motifs is 1. The minimum Gasteiger partial charge on any atom is -0.262 e. The molecule has 2 nitrogen and oxygen atoms in total. The summed E-state index contributed by atoms with van der Waals surface area (Å²) in [5, 5.41) is 1.74. The lowest BCUT2D eigenvalue weighted by Gasteiger charge is -1.94. The molecule has 3 aromatic rings. The quantitative estimate of drug-likeness (QED) is 0.648. The average molecular weight is 247 g/mol. The molecule has 0 saturated carbocycles. The van der Waals surface area contributed by atoms with Crippen LogP contribution in [0.1, 0.15) is 0 Å². The van der Waals surface area contributed by atoms with Gasteiger partial charge in [-0.15, -0.1) is 11.3 Å². The van der Waals surface area contributed by atoms with Crippen LogP contribution in [0.2, 0.25) is 5.02 Å². The van der Waals surface area contributed by atoms with Gasteiger partial charge in [0.25, 0.3) is 0 Å². The summed E-state index contributed by atoms with van der Waals surface area (Å²) in [7, 11) is 0. The molecule has 0 radical (unpaired) electrons. The molecule has 3 rings (SSSR count). The molecule has 0 atom stereocenters. The third kappa shape index (κ3) is 1.68. The molecule has 2 heterocycles. The predicted molar refractivity (Wildman–Crippen MR) is 67.9 cm³/mol. The highest BCUT2D eigenvalue weighted by atomic mass is 35.5. The molecule has 4 heteroatoms. The van der Waals surface area contributed by atoms with Crippen LogP contribution in [0.3, 0.4) is 0 Å². The third-order valence-electron chi connectivity index (χ3n) is 2.28. The summed E-state index contributed by atoms with van der Waals surface area (Å²) in [6, 6.07) is 9.69. The fourth-order valence-electron chi connectivity index (χ4n) is 1.50. The molecule has 16 heavy (non-hydrogen) atoms. The van der Waals surface area contributed by atoms with Crippen molar-refractivity contribution in [3.05, 3.63) is 47.7 Å². The lowest BCUT2D eigenvalue weighted by molar-refractivity contribution is 1.34. The Morgan fingerprint density at radius 3 is 2.62 bits per heavy atom. The van der Waals surface area contributed by atoms with E-state index in [4.69, 9.17) is 11.6 Å². The topological polar surface area (TPSA) is 25.8 Å². The zero-order valence-corrected chi connectivity index (χ0v) is 9.79. The smallest absolute Gasteiger partial charge is 0.124 e. The Balaban J connectivity index is 2.15. The van der Waals surface area contributed by atoms with E-state index in [9.17, 15) is 0 Å². The van der Waals surface area contributed by atoms with Crippen molar-refractivity contribution in [3.8, 4) is 10.6 Å². The first-order valence-corrected chi connectivity index (χ1v) is 5.99. The SMILES string of the molecule is Clc1ccc(-c2nc3cnccc3s2)cc1. The normalized spacial score (nSPS) is 10.8. The van der Waals surface area contributed by atoms with Gasteiger partial charge in [0.2, 0.25) is 0 Å². The standard InChI is InChI=1S/C12H7ClN2S/c13-9-3-1-8(2-4-9)12-15-10-7-14-6-5-11(10)16-12/h1-7H. The van der Waals surface area contributed by atoms with Gasteiger partial charge in [0.1, 0.15) is 10.5 Å². The van der Waals surface area contributed by atoms with Crippen LogP contribution < -0.4 is 0 Å². The van der Waals surface area contributed by atoms with Crippen LogP contribution in [0.25, 0.3) is 20.8 Å². The third-order valence-corrected chi connectivity index (χ3v) is 3.62. The monoisotopic (exact) mass is 246 g/mol. The highest BCUT2D eigenvalue weighted by Gasteiger charge is 2.05. The van der Waals surface area contributed by atoms with Gasteiger partial charge >= 0.3 is 0 Å². The number of halogens is 1. The zero-order valence-electron chi connectivity index (χ0n) is 8.22. The van der Waals surface area contributed by atoms with Crippen molar-refractivity contribution in [2.75, 3.05) is 0 Å². The largest absolute Gasteiger partial charge is 0.262 e. The number of nitrogens with zero attached hydrogens (tertiary/aromatic N) is 2. The second kappa shape index (κ2) is 3.85. The first kappa shape index (κ1) is 9.75. The first-order chi connectivity index (χ1) is 7.83. The van der Waals surface area contributed by atoms with Gasteiger partial charge < -0.3 is 0 Å². The number of benzene rings is 1. The van der Waals surface area contributed by atoms with E-state index < -0.39 is 0 Å². The summed E-state index contributed by atoms with van der Waals surface area (Å²) < 4.78 is 1.15. The average Bonchev–Trinajstić information content (AvgIpc) is 2.73. The van der Waals surface area contributed by atoms with Crippen molar-refractivity contribution >= 4 is 33.2 Å². The summed E-state index contributed by atoms with van der Waals surface area (Å²) in [5.41, 5.74) is 2.03. The predicted octanol–water partition coefficient (Wildman–Crippen LogP) is 4.01. The summed E-state index contributed by atoms with van der Waals surface area (Å²) in [6.07, 6.45) is 3.57. The molecule has 0 N–H and O–H groups in total. The summed E-state index contributed by atoms with van der Waals surface area (Å²) in [5.74, 6) is 0. The fraction of sp³-hybridized carbons (Fsp3) is 0. The number of hydrogen-bond acceptors (Lipinski definition) is 3. The molecule has 0 unspecified atom stereocenters. The van der Waals surface area contributed by atoms with Crippen LogP contribution >= 0.6 is 22.9 Å². The number of rotatable bonds is 1. The zero-order chi connectivity index (χ0) is 11.0. The maximum absolute atomic E-state index is 5.85. The van der Waals surface area contributed by atoms with Crippen molar-refractivity contribution in [2.45, 2.75) is 0 Å². The van der Waals surface area contributed by atoms with Crippen molar-refractivity contribution < 1.29 is 0 Å². The molecule has 78 valence electrons. The lowest BCUT2D eigenvalue weighted by Crippen LogP contribution is -1.75. The molecular weight excluding hydrogens is 240 g/mol. The van der Waals surface area contributed by atoms with Crippen LogP contribution in [0.5, 0.6) is 0 Å². The Labute approximate surface area is 102 Å². The Morgan fingerprint density at radius 1 is 1.06 bits per heavy atom. The number of thiazole rings is 1. The van der Waals surface area contributed by atoms with E-state index in [0.29, 0.717) is 0 Å². The first-order valence-electron chi connectivity index (χ1n) is 4.79. The molecule has 0 saturated heterocycles. The number of pyridine rings is 1. The Hall–Kier alpha value is -1.45. The van der Waals surface area contributed by atoms with Crippen molar-refractivity contribution in [1.29, 1.82) is 0 Å². The molecule has 0 fully saturated rings. The molecule has 0 amide bonds. The van der Waals surface area contributed by atoms with E-state index >= 15 is 0 Å². The van der Waals surface area contributed by atoms with Gasteiger partial charge in [0.05, 0.1) is 10.9 Å². The second-order valence-corrected chi connectivity index (χ2v) is 4.84. The van der Waals surface area contributed by atoms with E-state index in [1.165, 1.54) is 0 Å². The van der Waals surface area contributed by atoms with Crippen molar-refractivity contribution in [3.63, 3.8) is 0 Å². The maximum Gasteiger partial charge on any atom is 0.124 e. The fourth-order valence-corrected chi connectivity index (χ4v) is 2.56. The molecule has 1 aromatic carbocycles. The van der Waals surface area contributed by atoms with Crippen LogP contribution in [0.15, 0.2) is 42.7 Å². The molecular formula is C12H7ClN2S. The highest BCUT2D eigenvalue weighted by molar-refractivity contribution is 7.21. The lowest BCUT2D eigenvalue weighted by atomic mass is 10.2. The van der Waals surface area contributed by atoms with Gasteiger partial charge in [-0.1, -0.05) is 23.7 Å². The number of aromatic nitrogens is 2.